The van der Waals surface area contributed by atoms with Crippen molar-refractivity contribution in [2.75, 3.05) is 0 Å². The molecule has 0 radical (unpaired) electrons. The molecule has 0 spiro atoms. The average Bonchev–Trinajstić information content (AvgIpc) is 2.10. The van der Waals surface area contributed by atoms with Gasteiger partial charge in [-0.25, -0.2) is 0 Å². The van der Waals surface area contributed by atoms with Crippen LogP contribution in [0.4, 0.5) is 0 Å². The Morgan fingerprint density at radius 1 is 1.71 bits per heavy atom. The Morgan fingerprint density at radius 3 is 2.86 bits per heavy atom. The van der Waals surface area contributed by atoms with Crippen molar-refractivity contribution in [1.29, 1.82) is 0 Å². The molecule has 0 aromatic heterocycles. The zero-order valence-electron chi connectivity index (χ0n) is 9.05. The molecule has 1 atom stereocenters. The predicted molar refractivity (Wildman–Crippen MR) is 57.2 cm³/mol. The van der Waals surface area contributed by atoms with Crippen molar-refractivity contribution < 1.29 is 4.79 Å². The minimum atomic E-state index is -0.0523. The highest BCUT2D eigenvalue weighted by Gasteiger charge is 2.17. The first kappa shape index (κ1) is 10.8. The third-order valence-corrected chi connectivity index (χ3v) is 2.57. The lowest BCUT2D eigenvalue weighted by molar-refractivity contribution is -0.118. The zero-order valence-corrected chi connectivity index (χ0v) is 9.05. The zero-order chi connectivity index (χ0) is 10.7. The summed E-state index contributed by atoms with van der Waals surface area (Å²) in [6.07, 6.45) is 3.85. The van der Waals surface area contributed by atoms with Gasteiger partial charge in [-0.05, 0) is 24.8 Å². The molecule has 3 nitrogen and oxygen atoms in total. The van der Waals surface area contributed by atoms with Gasteiger partial charge in [-0.2, -0.15) is 0 Å². The van der Waals surface area contributed by atoms with Crippen molar-refractivity contribution in [2.24, 2.45) is 11.7 Å². The van der Waals surface area contributed by atoms with E-state index in [-0.39, 0.29) is 5.91 Å². The Hall–Kier alpha value is -1.25. The highest BCUT2D eigenvalue weighted by molar-refractivity contribution is 5.75. The van der Waals surface area contributed by atoms with Gasteiger partial charge in [-0.3, -0.25) is 4.79 Å². The van der Waals surface area contributed by atoms with E-state index in [0.717, 1.165) is 18.5 Å². The Kier molecular flexibility index (Phi) is 3.33. The summed E-state index contributed by atoms with van der Waals surface area (Å²) >= 11 is 0. The fourth-order valence-corrected chi connectivity index (χ4v) is 1.77. The van der Waals surface area contributed by atoms with Crippen molar-refractivity contribution in [1.82, 2.24) is 5.32 Å². The van der Waals surface area contributed by atoms with E-state index in [0.29, 0.717) is 11.6 Å². The van der Waals surface area contributed by atoms with Crippen LogP contribution in [0.1, 0.15) is 33.6 Å². The molecule has 3 N–H and O–H groups in total. The topological polar surface area (TPSA) is 55.1 Å². The van der Waals surface area contributed by atoms with Gasteiger partial charge in [-0.15, -0.1) is 0 Å². The van der Waals surface area contributed by atoms with Crippen LogP contribution in [0.5, 0.6) is 0 Å². The van der Waals surface area contributed by atoms with Gasteiger partial charge in [0.25, 0.3) is 0 Å². The van der Waals surface area contributed by atoms with Crippen LogP contribution in [-0.4, -0.2) is 5.91 Å². The second kappa shape index (κ2) is 4.31. The van der Waals surface area contributed by atoms with E-state index in [1.807, 2.05) is 6.08 Å². The van der Waals surface area contributed by atoms with Crippen molar-refractivity contribution in [3.8, 4) is 0 Å². The van der Waals surface area contributed by atoms with Crippen LogP contribution < -0.4 is 11.1 Å². The summed E-state index contributed by atoms with van der Waals surface area (Å²) in [5.74, 6) is 0.428. The number of carbonyl (C=O) groups excluding carboxylic acids is 1. The summed E-state index contributed by atoms with van der Waals surface area (Å²) in [5, 5.41) is 2.78. The van der Waals surface area contributed by atoms with E-state index >= 15 is 0 Å². The average molecular weight is 194 g/mol. The lowest BCUT2D eigenvalue weighted by Crippen LogP contribution is -2.26. The van der Waals surface area contributed by atoms with Gasteiger partial charge in [0.2, 0.25) is 5.91 Å². The van der Waals surface area contributed by atoms with E-state index < -0.39 is 0 Å². The monoisotopic (exact) mass is 194 g/mol. The first-order valence-corrected chi connectivity index (χ1v) is 5.01. The number of nitrogens with one attached hydrogen (secondary N) is 1. The quantitative estimate of drug-likeness (QED) is 0.702. The molecule has 1 aliphatic rings. The van der Waals surface area contributed by atoms with E-state index in [1.165, 1.54) is 12.5 Å². The minimum absolute atomic E-state index is 0.0523. The third-order valence-electron chi connectivity index (χ3n) is 2.57. The van der Waals surface area contributed by atoms with Crippen LogP contribution in [0.2, 0.25) is 0 Å². The molecule has 1 amide bonds. The number of allylic oxidation sites excluding steroid dienone is 3. The molecule has 0 aromatic carbocycles. The standard InChI is InChI=1S/C11H18N2O/c1-4-9-6-10(12)11(5-7(9)2)13-8(3)14/h6-7H,4-5,12H2,1-3H3,(H,13,14). The second-order valence-corrected chi connectivity index (χ2v) is 3.79. The highest BCUT2D eigenvalue weighted by Crippen LogP contribution is 2.27. The number of hydrogen-bond donors (Lipinski definition) is 2. The van der Waals surface area contributed by atoms with Crippen LogP contribution >= 0.6 is 0 Å². The van der Waals surface area contributed by atoms with Gasteiger partial charge in [0.05, 0.1) is 5.70 Å². The van der Waals surface area contributed by atoms with E-state index in [1.54, 1.807) is 0 Å². The molecule has 1 aliphatic carbocycles. The number of carbonyl (C=O) groups is 1. The number of amides is 1. The Bertz CT molecular complexity index is 302. The molecule has 3 heteroatoms. The molecular weight excluding hydrogens is 176 g/mol. The van der Waals surface area contributed by atoms with Gasteiger partial charge < -0.3 is 11.1 Å². The Morgan fingerprint density at radius 2 is 2.36 bits per heavy atom. The Balaban J connectivity index is 2.86. The van der Waals surface area contributed by atoms with Crippen LogP contribution in [0.15, 0.2) is 23.0 Å². The maximum Gasteiger partial charge on any atom is 0.221 e. The predicted octanol–water partition coefficient (Wildman–Crippen LogP) is 1.67. The molecule has 1 unspecified atom stereocenters. The molecule has 14 heavy (non-hydrogen) atoms. The largest absolute Gasteiger partial charge is 0.397 e. The van der Waals surface area contributed by atoms with Crippen molar-refractivity contribution >= 4 is 5.91 Å². The van der Waals surface area contributed by atoms with Crippen LogP contribution in [-0.2, 0) is 4.79 Å². The van der Waals surface area contributed by atoms with Gasteiger partial charge >= 0.3 is 0 Å². The summed E-state index contributed by atoms with van der Waals surface area (Å²) in [7, 11) is 0. The lowest BCUT2D eigenvalue weighted by Gasteiger charge is -2.23. The van der Waals surface area contributed by atoms with E-state index in [4.69, 9.17) is 5.73 Å². The number of hydrogen-bond acceptors (Lipinski definition) is 2. The summed E-state index contributed by atoms with van der Waals surface area (Å²) in [6, 6.07) is 0. The van der Waals surface area contributed by atoms with E-state index in [9.17, 15) is 4.79 Å². The first-order valence-electron chi connectivity index (χ1n) is 5.01. The fourth-order valence-electron chi connectivity index (χ4n) is 1.77. The summed E-state index contributed by atoms with van der Waals surface area (Å²) in [5.41, 5.74) is 8.77. The number of nitrogens with two attached hydrogens (primary N) is 1. The molecule has 0 fully saturated rings. The van der Waals surface area contributed by atoms with Crippen LogP contribution in [0, 0.1) is 5.92 Å². The van der Waals surface area contributed by atoms with Crippen LogP contribution in [0.25, 0.3) is 0 Å². The minimum Gasteiger partial charge on any atom is -0.397 e. The molecule has 0 saturated heterocycles. The second-order valence-electron chi connectivity index (χ2n) is 3.79. The summed E-state index contributed by atoms with van der Waals surface area (Å²) in [4.78, 5) is 10.9. The molecule has 0 aromatic rings. The molecule has 0 saturated carbocycles. The molecule has 78 valence electrons. The molecule has 0 aliphatic heterocycles. The summed E-state index contributed by atoms with van der Waals surface area (Å²) in [6.45, 7) is 5.78. The van der Waals surface area contributed by atoms with E-state index in [2.05, 4.69) is 19.2 Å². The lowest BCUT2D eigenvalue weighted by atomic mass is 9.88. The third kappa shape index (κ3) is 2.37. The maximum atomic E-state index is 10.9. The van der Waals surface area contributed by atoms with Gasteiger partial charge in [0, 0.05) is 12.6 Å². The van der Waals surface area contributed by atoms with Gasteiger partial charge in [0.15, 0.2) is 0 Å². The Labute approximate surface area is 85.1 Å². The maximum absolute atomic E-state index is 10.9. The normalized spacial score (nSPS) is 21.9. The SMILES string of the molecule is CCC1=CC(N)=C(NC(C)=O)CC1C. The van der Waals surface area contributed by atoms with Gasteiger partial charge in [0.1, 0.15) is 0 Å². The van der Waals surface area contributed by atoms with Crippen molar-refractivity contribution in [2.45, 2.75) is 33.6 Å². The summed E-state index contributed by atoms with van der Waals surface area (Å²) < 4.78 is 0. The van der Waals surface area contributed by atoms with Crippen LogP contribution in [0.3, 0.4) is 0 Å². The van der Waals surface area contributed by atoms with Gasteiger partial charge in [-0.1, -0.05) is 19.4 Å². The van der Waals surface area contributed by atoms with Crippen molar-refractivity contribution in [3.05, 3.63) is 23.0 Å². The van der Waals surface area contributed by atoms with Crippen molar-refractivity contribution in [3.63, 3.8) is 0 Å². The first-order chi connectivity index (χ1) is 6.54. The molecule has 1 rings (SSSR count). The fraction of sp³-hybridized carbons (Fsp3) is 0.545. The number of rotatable bonds is 2. The smallest absolute Gasteiger partial charge is 0.221 e. The highest BCUT2D eigenvalue weighted by atomic mass is 16.1. The molecular formula is C11H18N2O. The molecule has 0 heterocycles. The molecule has 0 bridgehead atoms.